The summed E-state index contributed by atoms with van der Waals surface area (Å²) in [6.45, 7) is 6.84. The average Bonchev–Trinajstić information content (AvgIpc) is 3.74. The van der Waals surface area contributed by atoms with E-state index in [0.717, 1.165) is 35.6 Å². The van der Waals surface area contributed by atoms with Crippen molar-refractivity contribution < 1.29 is 0 Å². The van der Waals surface area contributed by atoms with Crippen LogP contribution in [0.5, 0.6) is 0 Å². The van der Waals surface area contributed by atoms with Crippen LogP contribution >= 0.6 is 0 Å². The number of hydrogen-bond donors (Lipinski definition) is 0. The number of para-hydroxylation sites is 3. The van der Waals surface area contributed by atoms with Gasteiger partial charge >= 0.3 is 0 Å². The summed E-state index contributed by atoms with van der Waals surface area (Å²) in [5.74, 6) is 0. The molecule has 3 heterocycles. The van der Waals surface area contributed by atoms with E-state index in [1.165, 1.54) is 102 Å². The number of fused-ring (bicyclic) bond motifs is 7. The van der Waals surface area contributed by atoms with E-state index in [-0.39, 0.29) is 12.1 Å². The largest absolute Gasteiger partial charge is 0.323 e. The molecule has 9 aromatic carbocycles. The predicted octanol–water partition coefficient (Wildman–Crippen LogP) is 15.0. The molecule has 69 heavy (non-hydrogen) atoms. The van der Waals surface area contributed by atoms with Crippen LogP contribution in [0, 0.1) is 0 Å². The van der Waals surface area contributed by atoms with Crippen LogP contribution in [-0.2, 0) is 18.3 Å². The predicted molar refractivity (Wildman–Crippen MR) is 293 cm³/mol. The van der Waals surface area contributed by atoms with Gasteiger partial charge in [0.15, 0.2) is 0 Å². The molecular formula is C64H53BN4. The van der Waals surface area contributed by atoms with Gasteiger partial charge in [0.05, 0.1) is 11.4 Å². The molecule has 4 nitrogen and oxygen atoms in total. The Labute approximate surface area is 406 Å². The van der Waals surface area contributed by atoms with Crippen LogP contribution in [0.4, 0.5) is 51.2 Å². The van der Waals surface area contributed by atoms with Crippen LogP contribution in [0.2, 0.25) is 0 Å². The fraction of sp³-hybridized carbons (Fsp3) is 0.125. The van der Waals surface area contributed by atoms with Crippen LogP contribution in [0.1, 0.15) is 50.4 Å². The third-order valence-electron chi connectivity index (χ3n) is 14.9. The quantitative estimate of drug-likeness (QED) is 0.148. The van der Waals surface area contributed by atoms with Gasteiger partial charge in [-0.2, -0.15) is 0 Å². The van der Waals surface area contributed by atoms with Crippen LogP contribution in [0.3, 0.4) is 0 Å². The first-order chi connectivity index (χ1) is 33.9. The van der Waals surface area contributed by atoms with E-state index in [0.29, 0.717) is 0 Å². The summed E-state index contributed by atoms with van der Waals surface area (Å²) in [4.78, 5) is 7.63. The molecular weight excluding hydrogens is 836 g/mol. The lowest BCUT2D eigenvalue weighted by Gasteiger charge is -2.44. The molecule has 0 spiro atoms. The Kier molecular flexibility index (Phi) is 9.76. The van der Waals surface area contributed by atoms with Crippen molar-refractivity contribution in [1.29, 1.82) is 0 Å². The first-order valence-electron chi connectivity index (χ1n) is 24.7. The molecule has 0 bridgehead atoms. The van der Waals surface area contributed by atoms with Crippen molar-refractivity contribution in [3.8, 4) is 16.8 Å². The molecule has 3 aliphatic rings. The van der Waals surface area contributed by atoms with E-state index < -0.39 is 0 Å². The summed E-state index contributed by atoms with van der Waals surface area (Å²) in [6.07, 6.45) is 4.49. The molecule has 0 N–H and O–H groups in total. The van der Waals surface area contributed by atoms with E-state index in [9.17, 15) is 0 Å². The van der Waals surface area contributed by atoms with Gasteiger partial charge in [0.25, 0.3) is 6.71 Å². The Bertz CT molecular complexity index is 3540. The second-order valence-corrected chi connectivity index (χ2v) is 19.9. The first-order valence-corrected chi connectivity index (χ1v) is 24.7. The summed E-state index contributed by atoms with van der Waals surface area (Å²) in [5, 5.41) is 2.43. The van der Waals surface area contributed by atoms with E-state index in [1.807, 2.05) is 0 Å². The van der Waals surface area contributed by atoms with Gasteiger partial charge in [0, 0.05) is 62.2 Å². The van der Waals surface area contributed by atoms with Gasteiger partial charge in [-0.05, 0) is 149 Å². The zero-order chi connectivity index (χ0) is 46.2. The molecule has 0 saturated carbocycles. The van der Waals surface area contributed by atoms with Crippen LogP contribution < -0.4 is 31.2 Å². The molecule has 1 aromatic heterocycles. The average molecular weight is 889 g/mol. The van der Waals surface area contributed by atoms with E-state index in [4.69, 9.17) is 0 Å². The van der Waals surface area contributed by atoms with Gasteiger partial charge in [0.1, 0.15) is 0 Å². The number of aromatic nitrogens is 1. The Balaban J connectivity index is 1.10. The van der Waals surface area contributed by atoms with E-state index >= 15 is 0 Å². The third-order valence-corrected chi connectivity index (χ3v) is 14.9. The highest BCUT2D eigenvalue weighted by Crippen LogP contribution is 2.49. The van der Waals surface area contributed by atoms with Crippen LogP contribution in [0.15, 0.2) is 218 Å². The summed E-state index contributed by atoms with van der Waals surface area (Å²) < 4.78 is 2.67. The number of anilines is 9. The lowest BCUT2D eigenvalue weighted by molar-refractivity contribution is 0.590. The molecule has 0 atom stereocenters. The van der Waals surface area contributed by atoms with E-state index in [1.54, 1.807) is 0 Å². The maximum atomic E-state index is 2.67. The van der Waals surface area contributed by atoms with Gasteiger partial charge in [-0.25, -0.2) is 0 Å². The molecule has 10 aromatic rings. The van der Waals surface area contributed by atoms with Gasteiger partial charge in [0.2, 0.25) is 0 Å². The maximum Gasteiger partial charge on any atom is 0.273 e. The van der Waals surface area contributed by atoms with E-state index in [2.05, 4.69) is 258 Å². The number of benzene rings is 9. The summed E-state index contributed by atoms with van der Waals surface area (Å²) in [5.41, 5.74) is 22.6. The summed E-state index contributed by atoms with van der Waals surface area (Å²) in [6, 6.07) is 81.2. The molecule has 0 amide bonds. The van der Waals surface area contributed by atoms with Crippen molar-refractivity contribution in [3.63, 3.8) is 0 Å². The highest BCUT2D eigenvalue weighted by molar-refractivity contribution is 7.00. The molecule has 332 valence electrons. The SMILES string of the molecule is CC(C)(C)c1ccc(N(c2ccc3c(c2)N(c2ccccc2)c2cccc4c2B3c2c(c3c(n2-c2ccccc2)CCCC3)N4c2ccccc2)c2ccc(-c3ccccc3)c3ccccc23)cc1. The van der Waals surface area contributed by atoms with Crippen molar-refractivity contribution in [2.75, 3.05) is 14.7 Å². The molecule has 5 heteroatoms. The summed E-state index contributed by atoms with van der Waals surface area (Å²) >= 11 is 0. The highest BCUT2D eigenvalue weighted by Gasteiger charge is 2.47. The molecule has 0 unspecified atom stereocenters. The smallest absolute Gasteiger partial charge is 0.273 e. The minimum atomic E-state index is -0.0357. The second-order valence-electron chi connectivity index (χ2n) is 19.9. The molecule has 0 radical (unpaired) electrons. The van der Waals surface area contributed by atoms with Crippen molar-refractivity contribution in [2.24, 2.45) is 0 Å². The monoisotopic (exact) mass is 888 g/mol. The minimum absolute atomic E-state index is 0.0210. The van der Waals surface area contributed by atoms with Crippen molar-refractivity contribution >= 4 is 85.2 Å². The summed E-state index contributed by atoms with van der Waals surface area (Å²) in [7, 11) is 0. The molecule has 0 fully saturated rings. The lowest BCUT2D eigenvalue weighted by Crippen LogP contribution is -2.63. The first kappa shape index (κ1) is 41.2. The Morgan fingerprint density at radius 2 is 1.06 bits per heavy atom. The van der Waals surface area contributed by atoms with Gasteiger partial charge in [-0.1, -0.05) is 160 Å². The fourth-order valence-corrected chi connectivity index (χ4v) is 11.8. The molecule has 0 saturated heterocycles. The zero-order valence-electron chi connectivity index (χ0n) is 39.5. The van der Waals surface area contributed by atoms with Gasteiger partial charge in [-0.15, -0.1) is 0 Å². The number of nitrogens with zero attached hydrogens (tertiary/aromatic N) is 4. The zero-order valence-corrected chi connectivity index (χ0v) is 39.5. The van der Waals surface area contributed by atoms with Crippen LogP contribution in [0.25, 0.3) is 27.6 Å². The normalized spacial score (nSPS) is 13.7. The standard InChI is InChI=1S/C64H53BN4/c1-64(2,3)45-35-37-49(38-36-45)66(57-42-40-51(44-21-8-4-9-22-44)52-29-16-17-30-53(52)57)50-39-41-55-60(43-50)67(46-23-10-5-11-24-46)58-33-20-34-59-61(58)65(55)63-62(68(59)47-25-12-6-13-26-47)54-31-18-19-32-56(54)69(63)48-27-14-7-15-28-48/h4-17,20-30,33-43H,18-19,31-32H2,1-3H3. The lowest BCUT2D eigenvalue weighted by atomic mass is 9.35. The minimum Gasteiger partial charge on any atom is -0.323 e. The van der Waals surface area contributed by atoms with Crippen molar-refractivity contribution in [1.82, 2.24) is 4.57 Å². The van der Waals surface area contributed by atoms with Crippen molar-refractivity contribution in [2.45, 2.75) is 51.9 Å². The fourth-order valence-electron chi connectivity index (χ4n) is 11.8. The second kappa shape index (κ2) is 16.3. The number of hydrogen-bond acceptors (Lipinski definition) is 3. The van der Waals surface area contributed by atoms with Crippen LogP contribution in [-0.4, -0.2) is 11.3 Å². The highest BCUT2D eigenvalue weighted by atomic mass is 15.2. The Morgan fingerprint density at radius 3 is 1.74 bits per heavy atom. The van der Waals surface area contributed by atoms with Gasteiger partial charge < -0.3 is 19.3 Å². The molecule has 1 aliphatic carbocycles. The Morgan fingerprint density at radius 1 is 0.478 bits per heavy atom. The molecule has 2 aliphatic heterocycles. The Hall–Kier alpha value is -8.02. The number of rotatable bonds is 7. The van der Waals surface area contributed by atoms with Crippen molar-refractivity contribution in [3.05, 3.63) is 235 Å². The van der Waals surface area contributed by atoms with Gasteiger partial charge in [-0.3, -0.25) is 0 Å². The molecule has 13 rings (SSSR count). The topological polar surface area (TPSA) is 14.7 Å². The third kappa shape index (κ3) is 6.66. The maximum absolute atomic E-state index is 2.67.